The highest BCUT2D eigenvalue weighted by Crippen LogP contribution is 2.30. The topological polar surface area (TPSA) is 88.6 Å². The summed E-state index contributed by atoms with van der Waals surface area (Å²) in [6.07, 6.45) is 4.72. The van der Waals surface area contributed by atoms with Crippen LogP contribution in [0.25, 0.3) is 11.3 Å². The van der Waals surface area contributed by atoms with E-state index >= 15 is 0 Å². The summed E-state index contributed by atoms with van der Waals surface area (Å²) in [4.78, 5) is 17.4. The van der Waals surface area contributed by atoms with Crippen molar-refractivity contribution >= 4 is 32.4 Å². The fourth-order valence-corrected chi connectivity index (χ4v) is 6.36. The third-order valence-corrected chi connectivity index (χ3v) is 8.76. The third kappa shape index (κ3) is 4.72. The van der Waals surface area contributed by atoms with E-state index in [0.717, 1.165) is 24.1 Å². The third-order valence-electron chi connectivity index (χ3n) is 6.09. The Morgan fingerprint density at radius 1 is 1.00 bits per heavy atom. The van der Waals surface area contributed by atoms with Crippen molar-refractivity contribution in [3.8, 4) is 11.3 Å². The Bertz CT molecular complexity index is 1260. The lowest BCUT2D eigenvalue weighted by Crippen LogP contribution is -2.40. The molecule has 9 heteroatoms. The molecule has 0 saturated carbocycles. The number of ether oxygens (including phenoxy) is 1. The van der Waals surface area contributed by atoms with E-state index in [1.54, 1.807) is 0 Å². The number of amides is 1. The van der Waals surface area contributed by atoms with Gasteiger partial charge in [-0.15, -0.1) is 11.3 Å². The van der Waals surface area contributed by atoms with Crippen molar-refractivity contribution in [3.05, 3.63) is 64.5 Å². The van der Waals surface area contributed by atoms with E-state index in [0.29, 0.717) is 37.0 Å². The average Bonchev–Trinajstić information content (AvgIpc) is 3.33. The van der Waals surface area contributed by atoms with E-state index in [1.807, 2.05) is 5.38 Å². The van der Waals surface area contributed by atoms with Gasteiger partial charge in [-0.05, 0) is 67.1 Å². The number of hydrogen-bond donors (Lipinski definition) is 1. The van der Waals surface area contributed by atoms with Gasteiger partial charge < -0.3 is 4.74 Å². The molecule has 1 saturated heterocycles. The number of morpholine rings is 1. The van der Waals surface area contributed by atoms with Crippen molar-refractivity contribution in [1.82, 2.24) is 9.29 Å². The van der Waals surface area contributed by atoms with Crippen LogP contribution in [0.15, 0.2) is 52.7 Å². The Morgan fingerprint density at radius 3 is 2.48 bits per heavy atom. The lowest BCUT2D eigenvalue weighted by Gasteiger charge is -2.26. The first-order chi connectivity index (χ1) is 16.0. The predicted molar refractivity (Wildman–Crippen MR) is 128 cm³/mol. The maximum absolute atomic E-state index is 12.7. The molecule has 3 aromatic rings. The van der Waals surface area contributed by atoms with Crippen LogP contribution in [0.5, 0.6) is 0 Å². The molecule has 2 aliphatic rings. The SMILES string of the molecule is O=C(Nc1nc(-c2ccc3c(c2)CCCC3)cs1)c1ccc(S(=O)(=O)N2CCOCC2)cc1. The van der Waals surface area contributed by atoms with Crippen LogP contribution in [-0.2, 0) is 27.6 Å². The molecule has 1 amide bonds. The van der Waals surface area contributed by atoms with Crippen molar-refractivity contribution in [3.63, 3.8) is 0 Å². The number of aromatic nitrogens is 1. The zero-order chi connectivity index (χ0) is 22.8. The molecule has 0 radical (unpaired) electrons. The van der Waals surface area contributed by atoms with Crippen LogP contribution in [0.3, 0.4) is 0 Å². The number of aryl methyl sites for hydroxylation is 2. The summed E-state index contributed by atoms with van der Waals surface area (Å²) in [5.41, 5.74) is 5.10. The molecule has 2 aromatic carbocycles. The lowest BCUT2D eigenvalue weighted by molar-refractivity contribution is 0.0730. The Labute approximate surface area is 197 Å². The van der Waals surface area contributed by atoms with Gasteiger partial charge in [0.25, 0.3) is 5.91 Å². The Kier molecular flexibility index (Phi) is 6.29. The zero-order valence-corrected chi connectivity index (χ0v) is 19.8. The number of anilines is 1. The van der Waals surface area contributed by atoms with E-state index in [4.69, 9.17) is 4.74 Å². The number of nitrogens with zero attached hydrogens (tertiary/aromatic N) is 2. The highest BCUT2D eigenvalue weighted by atomic mass is 32.2. The van der Waals surface area contributed by atoms with Crippen LogP contribution < -0.4 is 5.32 Å². The van der Waals surface area contributed by atoms with Crippen LogP contribution >= 0.6 is 11.3 Å². The molecule has 2 heterocycles. The van der Waals surface area contributed by atoms with Gasteiger partial charge in [-0.25, -0.2) is 13.4 Å². The minimum atomic E-state index is -3.59. The Hall–Kier alpha value is -2.59. The molecule has 1 aliphatic carbocycles. The molecule has 1 aliphatic heterocycles. The second-order valence-electron chi connectivity index (χ2n) is 8.22. The number of thiazole rings is 1. The quantitative estimate of drug-likeness (QED) is 0.593. The summed E-state index contributed by atoms with van der Waals surface area (Å²) in [5, 5.41) is 5.28. The molecule has 0 atom stereocenters. The molecule has 0 unspecified atom stereocenters. The molecule has 7 nitrogen and oxygen atoms in total. The van der Waals surface area contributed by atoms with E-state index in [1.165, 1.54) is 63.9 Å². The highest BCUT2D eigenvalue weighted by molar-refractivity contribution is 7.89. The second kappa shape index (κ2) is 9.34. The van der Waals surface area contributed by atoms with Crippen molar-refractivity contribution in [2.45, 2.75) is 30.6 Å². The van der Waals surface area contributed by atoms with Crippen molar-refractivity contribution in [1.29, 1.82) is 0 Å². The summed E-state index contributed by atoms with van der Waals surface area (Å²) in [7, 11) is -3.59. The van der Waals surface area contributed by atoms with Crippen LogP contribution in [0.4, 0.5) is 5.13 Å². The largest absolute Gasteiger partial charge is 0.379 e. The number of rotatable bonds is 5. The van der Waals surface area contributed by atoms with Gasteiger partial charge in [0, 0.05) is 29.6 Å². The van der Waals surface area contributed by atoms with Gasteiger partial charge in [-0.1, -0.05) is 12.1 Å². The van der Waals surface area contributed by atoms with E-state index in [2.05, 4.69) is 28.5 Å². The Balaban J connectivity index is 1.27. The average molecular weight is 484 g/mol. The molecule has 172 valence electrons. The van der Waals surface area contributed by atoms with E-state index in [-0.39, 0.29) is 10.8 Å². The van der Waals surface area contributed by atoms with Gasteiger partial charge in [0.1, 0.15) is 0 Å². The predicted octanol–water partition coefficient (Wildman–Crippen LogP) is 3.96. The monoisotopic (exact) mass is 483 g/mol. The number of carbonyl (C=O) groups excluding carboxylic acids is 1. The highest BCUT2D eigenvalue weighted by Gasteiger charge is 2.26. The van der Waals surface area contributed by atoms with Crippen LogP contribution in [0, 0.1) is 0 Å². The molecule has 5 rings (SSSR count). The summed E-state index contributed by atoms with van der Waals surface area (Å²) >= 11 is 1.37. The van der Waals surface area contributed by atoms with Crippen LogP contribution in [0.2, 0.25) is 0 Å². The summed E-state index contributed by atoms with van der Waals surface area (Å²) in [5.74, 6) is -0.323. The van der Waals surface area contributed by atoms with Gasteiger partial charge in [0.2, 0.25) is 10.0 Å². The standard InChI is InChI=1S/C24H25N3O4S2/c28-23(18-7-9-21(10-8-18)33(29,30)27-11-13-31-14-12-27)26-24-25-22(16-32-24)20-6-5-17-3-1-2-4-19(17)15-20/h5-10,15-16H,1-4,11-14H2,(H,25,26,28). The normalized spacial score (nSPS) is 16.8. The fourth-order valence-electron chi connectivity index (χ4n) is 4.24. The molecule has 33 heavy (non-hydrogen) atoms. The van der Waals surface area contributed by atoms with E-state index < -0.39 is 10.0 Å². The second-order valence-corrected chi connectivity index (χ2v) is 11.0. The van der Waals surface area contributed by atoms with Crippen molar-refractivity contribution in [2.75, 3.05) is 31.6 Å². The van der Waals surface area contributed by atoms with Crippen molar-refractivity contribution in [2.24, 2.45) is 0 Å². The molecule has 1 N–H and O–H groups in total. The number of hydrogen-bond acceptors (Lipinski definition) is 6. The van der Waals surface area contributed by atoms with E-state index in [9.17, 15) is 13.2 Å². The van der Waals surface area contributed by atoms with Gasteiger partial charge in [-0.3, -0.25) is 10.1 Å². The first-order valence-corrected chi connectivity index (χ1v) is 13.4. The maximum Gasteiger partial charge on any atom is 0.257 e. The van der Waals surface area contributed by atoms with Gasteiger partial charge in [0.15, 0.2) is 5.13 Å². The Morgan fingerprint density at radius 2 is 1.73 bits per heavy atom. The number of sulfonamides is 1. The maximum atomic E-state index is 12.7. The molecule has 0 bridgehead atoms. The number of carbonyl (C=O) groups is 1. The summed E-state index contributed by atoms with van der Waals surface area (Å²) in [6, 6.07) is 12.5. The minimum absolute atomic E-state index is 0.171. The van der Waals surface area contributed by atoms with Gasteiger partial charge in [-0.2, -0.15) is 4.31 Å². The van der Waals surface area contributed by atoms with Crippen LogP contribution in [-0.4, -0.2) is 49.9 Å². The molecule has 0 spiro atoms. The first kappa shape index (κ1) is 22.2. The number of nitrogens with one attached hydrogen (secondary N) is 1. The summed E-state index contributed by atoms with van der Waals surface area (Å²) in [6.45, 7) is 1.45. The molecular formula is C24H25N3O4S2. The smallest absolute Gasteiger partial charge is 0.257 e. The first-order valence-electron chi connectivity index (χ1n) is 11.1. The number of benzene rings is 2. The fraction of sp³-hybridized carbons (Fsp3) is 0.333. The van der Waals surface area contributed by atoms with Crippen LogP contribution in [0.1, 0.15) is 34.3 Å². The van der Waals surface area contributed by atoms with Crippen molar-refractivity contribution < 1.29 is 17.9 Å². The molecule has 1 aromatic heterocycles. The van der Waals surface area contributed by atoms with Gasteiger partial charge >= 0.3 is 0 Å². The lowest BCUT2D eigenvalue weighted by atomic mass is 9.90. The van der Waals surface area contributed by atoms with Gasteiger partial charge in [0.05, 0.1) is 23.8 Å². The molecule has 1 fully saturated rings. The summed E-state index contributed by atoms with van der Waals surface area (Å²) < 4.78 is 32.1. The minimum Gasteiger partial charge on any atom is -0.379 e. The zero-order valence-electron chi connectivity index (χ0n) is 18.1. The number of fused-ring (bicyclic) bond motifs is 1. The molecular weight excluding hydrogens is 458 g/mol.